The molecule has 2 atom stereocenters. The molecule has 0 aliphatic carbocycles. The van der Waals surface area contributed by atoms with E-state index in [2.05, 4.69) is 236 Å². The van der Waals surface area contributed by atoms with Gasteiger partial charge in [0.1, 0.15) is 40.2 Å². The Balaban J connectivity index is 0.000000176. The van der Waals surface area contributed by atoms with Crippen LogP contribution in [-0.4, -0.2) is 35.7 Å². The Morgan fingerprint density at radius 2 is 0.418 bits per heavy atom. The molecule has 7 N–H and O–H groups in total. The van der Waals surface area contributed by atoms with Crippen LogP contribution in [0.2, 0.25) is 0 Å². The number of hydrogen-bond acceptors (Lipinski definition) is 7. The Morgan fingerprint density at radius 1 is 0.209 bits per heavy atom. The second-order valence-corrected chi connectivity index (χ2v) is 33.3. The summed E-state index contributed by atoms with van der Waals surface area (Å²) in [6, 6.07) is 70.4. The lowest BCUT2D eigenvalue weighted by molar-refractivity contribution is 0.465. The zero-order valence-corrected chi connectivity index (χ0v) is 69.5. The van der Waals surface area contributed by atoms with Crippen molar-refractivity contribution in [3.8, 4) is 40.2 Å². The van der Waals surface area contributed by atoms with Crippen LogP contribution in [0.4, 0.5) is 0 Å². The maximum absolute atomic E-state index is 10.6. The normalized spacial score (nSPS) is 12.6. The number of hydrogen-bond donors (Lipinski definition) is 7. The van der Waals surface area contributed by atoms with Crippen molar-refractivity contribution < 1.29 is 35.7 Å². The van der Waals surface area contributed by atoms with E-state index in [-0.39, 0.29) is 45.0 Å². The van der Waals surface area contributed by atoms with Crippen LogP contribution < -0.4 is 0 Å². The van der Waals surface area contributed by atoms with Gasteiger partial charge in [0.2, 0.25) is 0 Å². The van der Waals surface area contributed by atoms with Crippen LogP contribution in [0.1, 0.15) is 245 Å². The molecule has 7 nitrogen and oxygen atoms in total. The van der Waals surface area contributed by atoms with Crippen LogP contribution in [0.3, 0.4) is 0 Å². The Morgan fingerprint density at radius 3 is 0.736 bits per heavy atom. The number of benzene rings is 12. The fraction of sp³-hybridized carbons (Fsp3) is 0.301. The van der Waals surface area contributed by atoms with Gasteiger partial charge in [-0.1, -0.05) is 230 Å². The number of aromatic hydroxyl groups is 7. The van der Waals surface area contributed by atoms with Crippen LogP contribution >= 0.6 is 0 Å². The SMILES string of the molecule is CCC(c1ccc(C(C)(C)c2cc(C)c(O)c(C)c2)cc1)(c1cc(C)c(C)c(C)c1)c1cc(C)c(O)c(C)c1.Cc1cc(C(c2ccc(C(C)(C)c3cc(C)c(O)c(C)c3)cc2)c2cc(C)c(O)c(C)c2)cc(C)c1C.Cc1cc(C(c2ccc(C(C)(C)c3ccc(O)c(C)c3)cc2)c2ccc(O)c(C)c2)ccc1O. The van der Waals surface area contributed by atoms with E-state index in [1.54, 1.807) is 18.2 Å². The number of rotatable bonds is 16. The van der Waals surface area contributed by atoms with E-state index in [0.717, 1.165) is 89.9 Å². The molecular formula is C103H116O7. The molecule has 0 amide bonds. The summed E-state index contributed by atoms with van der Waals surface area (Å²) in [5, 5.41) is 71.7. The van der Waals surface area contributed by atoms with E-state index in [0.29, 0.717) is 28.7 Å². The highest BCUT2D eigenvalue weighted by atomic mass is 16.3. The van der Waals surface area contributed by atoms with Crippen molar-refractivity contribution in [2.24, 2.45) is 0 Å². The van der Waals surface area contributed by atoms with E-state index in [1.807, 2.05) is 113 Å². The molecule has 0 radical (unpaired) electrons. The summed E-state index contributed by atoms with van der Waals surface area (Å²) in [5.74, 6) is 2.40. The third-order valence-electron chi connectivity index (χ3n) is 24.5. The standard InChI is InChI=1S/C37H44O2.C35H40O2.C31H32O3/c1-11-37(32-16-22(2)28(8)23(3)17-32,33-20-26(6)35(39)27(7)21-33)30-14-12-29(13-15-30)36(9,10)31-18-24(4)34(38)25(5)19-31;1-20-14-28(15-21(2)26(20)7)32(29-16-22(3)33(36)23(4)17-29)27-10-12-30(13-11-27)35(8,9)31-18-24(5)34(37)25(6)19-31;1-19-16-23(8-13-27(19)32)30(24-9-14-28(33)20(2)17-24)22-6-10-25(11-7-22)31(4,5)26-12-15-29(34)21(3)18-26/h12-21,38-39H,11H2,1-10H3;10-19,32,36-37H,1-9H3;6-18,30,32-34H,1-5H3. The van der Waals surface area contributed by atoms with Gasteiger partial charge in [0, 0.05) is 33.5 Å². The minimum absolute atomic E-state index is 0.0355. The topological polar surface area (TPSA) is 142 Å². The predicted molar refractivity (Wildman–Crippen MR) is 458 cm³/mol. The summed E-state index contributed by atoms with van der Waals surface area (Å²) in [7, 11) is 0. The molecule has 0 aliphatic heterocycles. The lowest BCUT2D eigenvalue weighted by Gasteiger charge is -2.37. The second kappa shape index (κ2) is 32.1. The highest BCUT2D eigenvalue weighted by Gasteiger charge is 2.38. The van der Waals surface area contributed by atoms with Gasteiger partial charge in [0.05, 0.1) is 0 Å². The van der Waals surface area contributed by atoms with E-state index >= 15 is 0 Å². The molecule has 0 spiro atoms. The molecular weight excluding hydrogens is 1350 g/mol. The molecule has 570 valence electrons. The van der Waals surface area contributed by atoms with Crippen molar-refractivity contribution in [1.29, 1.82) is 0 Å². The maximum atomic E-state index is 10.6. The highest BCUT2D eigenvalue weighted by molar-refractivity contribution is 5.60. The fourth-order valence-corrected chi connectivity index (χ4v) is 16.4. The van der Waals surface area contributed by atoms with Crippen molar-refractivity contribution in [2.75, 3.05) is 0 Å². The van der Waals surface area contributed by atoms with E-state index < -0.39 is 0 Å². The van der Waals surface area contributed by atoms with Gasteiger partial charge in [-0.2, -0.15) is 0 Å². The van der Waals surface area contributed by atoms with E-state index in [1.165, 1.54) is 94.6 Å². The first kappa shape index (κ1) is 81.8. The molecule has 110 heavy (non-hydrogen) atoms. The Bertz CT molecular complexity index is 5110. The molecule has 0 aromatic heterocycles. The Hall–Kier alpha value is -10.8. The largest absolute Gasteiger partial charge is 0.508 e. The van der Waals surface area contributed by atoms with Crippen LogP contribution in [0.25, 0.3) is 0 Å². The average molecular weight is 1470 g/mol. The molecule has 0 bridgehead atoms. The van der Waals surface area contributed by atoms with Crippen molar-refractivity contribution in [1.82, 2.24) is 0 Å². The highest BCUT2D eigenvalue weighted by Crippen LogP contribution is 2.48. The molecule has 0 heterocycles. The lowest BCUT2D eigenvalue weighted by atomic mass is 9.66. The van der Waals surface area contributed by atoms with Crippen LogP contribution in [0.15, 0.2) is 200 Å². The first-order chi connectivity index (χ1) is 51.6. The minimum Gasteiger partial charge on any atom is -0.508 e. The Labute approximate surface area is 656 Å². The quantitative estimate of drug-likeness (QED) is 0.0478. The van der Waals surface area contributed by atoms with Gasteiger partial charge < -0.3 is 35.7 Å². The van der Waals surface area contributed by atoms with Gasteiger partial charge in [-0.15, -0.1) is 0 Å². The fourth-order valence-electron chi connectivity index (χ4n) is 16.4. The van der Waals surface area contributed by atoms with Crippen molar-refractivity contribution in [3.05, 3.63) is 378 Å². The van der Waals surface area contributed by atoms with E-state index in [9.17, 15) is 35.7 Å². The monoisotopic (exact) mass is 1460 g/mol. The molecule has 12 aromatic rings. The summed E-state index contributed by atoms with van der Waals surface area (Å²) < 4.78 is 0. The van der Waals surface area contributed by atoms with Gasteiger partial charge in [-0.3, -0.25) is 0 Å². The zero-order chi connectivity index (χ0) is 80.7. The summed E-state index contributed by atoms with van der Waals surface area (Å²) in [6.45, 7) is 50.3. The summed E-state index contributed by atoms with van der Waals surface area (Å²) >= 11 is 0. The third kappa shape index (κ3) is 16.3. The van der Waals surface area contributed by atoms with Gasteiger partial charge >= 0.3 is 0 Å². The summed E-state index contributed by atoms with van der Waals surface area (Å²) in [4.78, 5) is 0. The molecule has 2 unspecified atom stereocenters. The Kier molecular flexibility index (Phi) is 23.8. The van der Waals surface area contributed by atoms with Crippen LogP contribution in [-0.2, 0) is 21.7 Å². The smallest absolute Gasteiger partial charge is 0.121 e. The number of aryl methyl sites for hydroxylation is 15. The summed E-state index contributed by atoms with van der Waals surface area (Å²) in [5.41, 5.74) is 34.5. The van der Waals surface area contributed by atoms with E-state index in [4.69, 9.17) is 0 Å². The van der Waals surface area contributed by atoms with Crippen molar-refractivity contribution in [2.45, 2.75) is 206 Å². The number of phenolic OH excluding ortho intramolecular Hbond substituents is 7. The third-order valence-corrected chi connectivity index (χ3v) is 24.5. The molecule has 7 heteroatoms. The molecule has 0 saturated carbocycles. The lowest BCUT2D eigenvalue weighted by Crippen LogP contribution is -2.30. The van der Waals surface area contributed by atoms with Crippen molar-refractivity contribution >= 4 is 0 Å². The molecule has 12 rings (SSSR count). The van der Waals surface area contributed by atoms with Gasteiger partial charge in [-0.25, -0.2) is 0 Å². The van der Waals surface area contributed by atoms with Gasteiger partial charge in [0.15, 0.2) is 0 Å². The van der Waals surface area contributed by atoms with Crippen molar-refractivity contribution in [3.63, 3.8) is 0 Å². The maximum Gasteiger partial charge on any atom is 0.121 e. The summed E-state index contributed by atoms with van der Waals surface area (Å²) in [6.07, 6.45) is 0.887. The van der Waals surface area contributed by atoms with Gasteiger partial charge in [0.25, 0.3) is 0 Å². The average Bonchev–Trinajstić information content (AvgIpc) is 0.739. The molecule has 0 saturated heterocycles. The second-order valence-electron chi connectivity index (χ2n) is 33.3. The minimum atomic E-state index is -0.360. The molecule has 12 aromatic carbocycles. The predicted octanol–water partition coefficient (Wildman–Crippen LogP) is 25.3. The van der Waals surface area contributed by atoms with Gasteiger partial charge in [-0.05, 0) is 320 Å². The zero-order valence-electron chi connectivity index (χ0n) is 69.5. The number of phenols is 7. The van der Waals surface area contributed by atoms with Crippen LogP contribution in [0.5, 0.6) is 40.2 Å². The molecule has 0 aliphatic rings. The first-order valence-corrected chi connectivity index (χ1v) is 38.7. The first-order valence-electron chi connectivity index (χ1n) is 38.7. The van der Waals surface area contributed by atoms with Crippen LogP contribution in [0, 0.1) is 118 Å². The molecule has 0 fully saturated rings.